The zero-order valence-electron chi connectivity index (χ0n) is 10.2. The number of amides is 1. The van der Waals surface area contributed by atoms with E-state index in [1.807, 2.05) is 24.9 Å². The van der Waals surface area contributed by atoms with Crippen molar-refractivity contribution in [2.24, 2.45) is 5.84 Å². The maximum atomic E-state index is 11.3. The van der Waals surface area contributed by atoms with E-state index in [-0.39, 0.29) is 5.91 Å². The van der Waals surface area contributed by atoms with Gasteiger partial charge in [0.25, 0.3) is 0 Å². The molecule has 0 atom stereocenters. The Morgan fingerprint density at radius 3 is 2.82 bits per heavy atom. The van der Waals surface area contributed by atoms with Crippen molar-refractivity contribution in [2.45, 2.75) is 13.5 Å². The van der Waals surface area contributed by atoms with Gasteiger partial charge in [-0.05, 0) is 25.6 Å². The van der Waals surface area contributed by atoms with Crippen LogP contribution in [0.25, 0.3) is 0 Å². The van der Waals surface area contributed by atoms with Gasteiger partial charge in [-0.25, -0.2) is 10.8 Å². The van der Waals surface area contributed by atoms with E-state index in [2.05, 4.69) is 15.7 Å². The van der Waals surface area contributed by atoms with Gasteiger partial charge in [-0.1, -0.05) is 6.07 Å². The van der Waals surface area contributed by atoms with E-state index >= 15 is 0 Å². The Kier molecular flexibility index (Phi) is 5.38. The summed E-state index contributed by atoms with van der Waals surface area (Å²) in [5.74, 6) is 5.88. The Morgan fingerprint density at radius 2 is 2.29 bits per heavy atom. The predicted molar refractivity (Wildman–Crippen MR) is 67.1 cm³/mol. The maximum Gasteiger partial charge on any atom is 0.234 e. The van der Waals surface area contributed by atoms with Crippen molar-refractivity contribution in [1.29, 1.82) is 0 Å². The van der Waals surface area contributed by atoms with Crippen LogP contribution in [0, 0.1) is 0 Å². The molecule has 6 nitrogen and oxygen atoms in total. The number of pyridine rings is 1. The summed E-state index contributed by atoms with van der Waals surface area (Å²) < 4.78 is 0. The van der Waals surface area contributed by atoms with Crippen LogP contribution in [0.1, 0.15) is 12.5 Å². The lowest BCUT2D eigenvalue weighted by Gasteiger charge is -2.15. The summed E-state index contributed by atoms with van der Waals surface area (Å²) in [4.78, 5) is 17.4. The number of nitrogens with one attached hydrogen (secondary N) is 2. The van der Waals surface area contributed by atoms with Crippen molar-refractivity contribution in [3.63, 3.8) is 0 Å². The number of rotatable bonds is 6. The fourth-order valence-corrected chi connectivity index (χ4v) is 1.47. The third-order valence-electron chi connectivity index (χ3n) is 2.21. The van der Waals surface area contributed by atoms with Crippen LogP contribution in [-0.4, -0.2) is 35.9 Å². The summed E-state index contributed by atoms with van der Waals surface area (Å²) >= 11 is 0. The molecule has 0 fully saturated rings. The number of likely N-dealkylation sites (N-methyl/N-ethyl adjacent to an activating group) is 2. The minimum Gasteiger partial charge on any atom is -0.355 e. The van der Waals surface area contributed by atoms with Gasteiger partial charge >= 0.3 is 0 Å². The minimum atomic E-state index is 0.0307. The van der Waals surface area contributed by atoms with E-state index in [0.29, 0.717) is 25.5 Å². The Hall–Kier alpha value is -1.66. The number of carbonyl (C=O) groups is 1. The monoisotopic (exact) mass is 237 g/mol. The zero-order valence-corrected chi connectivity index (χ0v) is 10.2. The second-order valence-electron chi connectivity index (χ2n) is 3.82. The molecule has 0 aliphatic heterocycles. The van der Waals surface area contributed by atoms with Crippen LogP contribution < -0.4 is 16.6 Å². The van der Waals surface area contributed by atoms with Gasteiger partial charge in [0.15, 0.2) is 0 Å². The molecule has 94 valence electrons. The first-order chi connectivity index (χ1) is 8.15. The first kappa shape index (κ1) is 13.4. The number of hydrogen-bond donors (Lipinski definition) is 3. The van der Waals surface area contributed by atoms with Gasteiger partial charge in [-0.15, -0.1) is 0 Å². The maximum absolute atomic E-state index is 11.3. The van der Waals surface area contributed by atoms with Gasteiger partial charge in [-0.3, -0.25) is 9.69 Å². The largest absolute Gasteiger partial charge is 0.355 e. The number of anilines is 1. The summed E-state index contributed by atoms with van der Waals surface area (Å²) in [6.07, 6.45) is 1.74. The zero-order chi connectivity index (χ0) is 12.7. The van der Waals surface area contributed by atoms with E-state index in [4.69, 9.17) is 5.84 Å². The molecule has 1 aromatic heterocycles. The van der Waals surface area contributed by atoms with Gasteiger partial charge < -0.3 is 10.7 Å². The molecular weight excluding hydrogens is 218 g/mol. The average Bonchev–Trinajstić information content (AvgIpc) is 2.30. The molecule has 0 aliphatic rings. The lowest BCUT2D eigenvalue weighted by molar-refractivity contribution is -0.121. The van der Waals surface area contributed by atoms with E-state index in [1.165, 1.54) is 0 Å². The van der Waals surface area contributed by atoms with E-state index in [1.54, 1.807) is 12.3 Å². The lowest BCUT2D eigenvalue weighted by atomic mass is 10.2. The van der Waals surface area contributed by atoms with Crippen molar-refractivity contribution in [3.8, 4) is 0 Å². The van der Waals surface area contributed by atoms with Crippen LogP contribution in [-0.2, 0) is 11.3 Å². The molecule has 0 unspecified atom stereocenters. The molecule has 1 heterocycles. The number of aromatic nitrogens is 1. The molecule has 0 spiro atoms. The quantitative estimate of drug-likeness (QED) is 0.477. The highest BCUT2D eigenvalue weighted by atomic mass is 16.1. The SMILES string of the molecule is CCNC(=O)CN(C)Cc1ccc(NN)nc1. The molecule has 0 saturated heterocycles. The molecule has 1 aromatic rings. The molecular formula is C11H19N5O. The second-order valence-corrected chi connectivity index (χ2v) is 3.82. The van der Waals surface area contributed by atoms with Crippen LogP contribution in [0.5, 0.6) is 0 Å². The van der Waals surface area contributed by atoms with Crippen LogP contribution in [0.15, 0.2) is 18.3 Å². The van der Waals surface area contributed by atoms with Gasteiger partial charge in [0, 0.05) is 19.3 Å². The Morgan fingerprint density at radius 1 is 1.53 bits per heavy atom. The Balaban J connectivity index is 2.44. The second kappa shape index (κ2) is 6.82. The lowest BCUT2D eigenvalue weighted by Crippen LogP contribution is -2.34. The fourth-order valence-electron chi connectivity index (χ4n) is 1.47. The van der Waals surface area contributed by atoms with Gasteiger partial charge in [0.1, 0.15) is 5.82 Å². The third kappa shape index (κ3) is 4.80. The van der Waals surface area contributed by atoms with Gasteiger partial charge in [0.2, 0.25) is 5.91 Å². The normalized spacial score (nSPS) is 10.4. The fraction of sp³-hybridized carbons (Fsp3) is 0.455. The highest BCUT2D eigenvalue weighted by Crippen LogP contribution is 2.05. The summed E-state index contributed by atoms with van der Waals surface area (Å²) in [6.45, 7) is 3.62. The number of nitrogens with zero attached hydrogens (tertiary/aromatic N) is 2. The molecule has 0 aromatic carbocycles. The average molecular weight is 237 g/mol. The van der Waals surface area contributed by atoms with Gasteiger partial charge in [0.05, 0.1) is 6.54 Å². The van der Waals surface area contributed by atoms with Crippen LogP contribution in [0.4, 0.5) is 5.82 Å². The van der Waals surface area contributed by atoms with Crippen LogP contribution >= 0.6 is 0 Å². The number of carbonyl (C=O) groups excluding carboxylic acids is 1. The van der Waals surface area contributed by atoms with Crippen molar-refractivity contribution in [1.82, 2.24) is 15.2 Å². The van der Waals surface area contributed by atoms with Crippen molar-refractivity contribution < 1.29 is 4.79 Å². The molecule has 0 saturated carbocycles. The van der Waals surface area contributed by atoms with Crippen molar-refractivity contribution in [3.05, 3.63) is 23.9 Å². The number of nitrogen functional groups attached to an aromatic ring is 1. The van der Waals surface area contributed by atoms with Gasteiger partial charge in [-0.2, -0.15) is 0 Å². The topological polar surface area (TPSA) is 83.3 Å². The number of hydrazine groups is 1. The number of nitrogens with two attached hydrogens (primary N) is 1. The first-order valence-corrected chi connectivity index (χ1v) is 5.52. The highest BCUT2D eigenvalue weighted by Gasteiger charge is 2.06. The molecule has 0 aliphatic carbocycles. The molecule has 0 bridgehead atoms. The Labute approximate surface area is 101 Å². The minimum absolute atomic E-state index is 0.0307. The van der Waals surface area contributed by atoms with E-state index < -0.39 is 0 Å². The molecule has 4 N–H and O–H groups in total. The highest BCUT2D eigenvalue weighted by molar-refractivity contribution is 5.77. The predicted octanol–water partition coefficient (Wildman–Crippen LogP) is -0.0649. The molecule has 17 heavy (non-hydrogen) atoms. The standard InChI is InChI=1S/C11H19N5O/c1-3-13-11(17)8-16(2)7-9-4-5-10(15-12)14-6-9/h4-6H,3,7-8,12H2,1-2H3,(H,13,17)(H,14,15). The third-order valence-corrected chi connectivity index (χ3v) is 2.21. The molecule has 1 amide bonds. The van der Waals surface area contributed by atoms with Crippen LogP contribution in [0.2, 0.25) is 0 Å². The summed E-state index contributed by atoms with van der Waals surface area (Å²) in [7, 11) is 1.89. The van der Waals surface area contributed by atoms with Crippen molar-refractivity contribution in [2.75, 3.05) is 25.6 Å². The summed E-state index contributed by atoms with van der Waals surface area (Å²) in [6, 6.07) is 3.73. The van der Waals surface area contributed by atoms with Crippen LogP contribution in [0.3, 0.4) is 0 Å². The molecule has 6 heteroatoms. The Bertz CT molecular complexity index is 351. The summed E-state index contributed by atoms with van der Waals surface area (Å²) in [5.41, 5.74) is 3.51. The van der Waals surface area contributed by atoms with Crippen molar-refractivity contribution >= 4 is 11.7 Å². The molecule has 1 rings (SSSR count). The van der Waals surface area contributed by atoms with E-state index in [9.17, 15) is 4.79 Å². The van der Waals surface area contributed by atoms with E-state index in [0.717, 1.165) is 5.56 Å². The molecule has 0 radical (unpaired) electrons. The number of hydrogen-bond acceptors (Lipinski definition) is 5. The first-order valence-electron chi connectivity index (χ1n) is 5.52. The summed E-state index contributed by atoms with van der Waals surface area (Å²) in [5, 5.41) is 2.76. The smallest absolute Gasteiger partial charge is 0.234 e.